The summed E-state index contributed by atoms with van der Waals surface area (Å²) in [5, 5.41) is 18.4. The summed E-state index contributed by atoms with van der Waals surface area (Å²) in [6.07, 6.45) is 0. The molecule has 0 fully saturated rings. The molecule has 17 heavy (non-hydrogen) atoms. The van der Waals surface area contributed by atoms with Crippen molar-refractivity contribution in [1.82, 2.24) is 4.90 Å². The van der Waals surface area contributed by atoms with Crippen molar-refractivity contribution < 1.29 is 9.90 Å². The quantitative estimate of drug-likeness (QED) is 0.894. The van der Waals surface area contributed by atoms with Gasteiger partial charge < -0.3 is 10.0 Å². The molecule has 1 amide bonds. The highest BCUT2D eigenvalue weighted by molar-refractivity contribution is 6.44. The van der Waals surface area contributed by atoms with Crippen LogP contribution in [0.15, 0.2) is 12.1 Å². The summed E-state index contributed by atoms with van der Waals surface area (Å²) >= 11 is 11.8. The largest absolute Gasteiger partial charge is 0.395 e. The lowest BCUT2D eigenvalue weighted by Gasteiger charge is -2.18. The van der Waals surface area contributed by atoms with Gasteiger partial charge in [-0.1, -0.05) is 29.3 Å². The lowest BCUT2D eigenvalue weighted by molar-refractivity contribution is 0.0721. The van der Waals surface area contributed by atoms with Crippen molar-refractivity contribution in [3.05, 3.63) is 33.3 Å². The van der Waals surface area contributed by atoms with Gasteiger partial charge in [-0.2, -0.15) is 5.26 Å². The second-order valence-electron chi connectivity index (χ2n) is 3.58. The first-order chi connectivity index (χ1) is 8.11. The fourth-order valence-electron chi connectivity index (χ4n) is 1.92. The Kier molecular flexibility index (Phi) is 3.25. The van der Waals surface area contributed by atoms with E-state index in [0.29, 0.717) is 5.56 Å². The number of carbonyl (C=O) groups excluding carboxylic acids is 1. The summed E-state index contributed by atoms with van der Waals surface area (Å²) in [5.41, 5.74) is 0.805. The predicted molar refractivity (Wildman–Crippen MR) is 62.9 cm³/mol. The third kappa shape index (κ3) is 1.77. The number of amides is 1. The molecule has 1 aliphatic rings. The van der Waals surface area contributed by atoms with Gasteiger partial charge in [-0.25, -0.2) is 0 Å². The van der Waals surface area contributed by atoms with Crippen molar-refractivity contribution in [2.75, 3.05) is 13.2 Å². The van der Waals surface area contributed by atoms with E-state index < -0.39 is 6.04 Å². The molecule has 2 rings (SSSR count). The van der Waals surface area contributed by atoms with Crippen LogP contribution in [0.2, 0.25) is 10.0 Å². The van der Waals surface area contributed by atoms with Gasteiger partial charge in [-0.05, 0) is 6.07 Å². The van der Waals surface area contributed by atoms with Crippen LogP contribution in [0.1, 0.15) is 22.0 Å². The highest BCUT2D eigenvalue weighted by Crippen LogP contribution is 2.39. The highest BCUT2D eigenvalue weighted by Gasteiger charge is 2.38. The average Bonchev–Trinajstić information content (AvgIpc) is 2.58. The topological polar surface area (TPSA) is 64.3 Å². The van der Waals surface area contributed by atoms with Crippen LogP contribution in [0.5, 0.6) is 0 Å². The first-order valence-electron chi connectivity index (χ1n) is 4.91. The van der Waals surface area contributed by atoms with Gasteiger partial charge in [0.25, 0.3) is 5.91 Å². The first-order valence-corrected chi connectivity index (χ1v) is 5.66. The molecule has 1 unspecified atom stereocenters. The van der Waals surface area contributed by atoms with E-state index in [2.05, 4.69) is 0 Å². The van der Waals surface area contributed by atoms with Gasteiger partial charge >= 0.3 is 0 Å². The lowest BCUT2D eigenvalue weighted by Crippen LogP contribution is -2.30. The molecule has 0 spiro atoms. The van der Waals surface area contributed by atoms with Crippen LogP contribution in [-0.2, 0) is 0 Å². The number of β-amino-alcohol motifs (C(OH)–C–C–N with tert-alkyl or cyclic N) is 1. The Labute approximate surface area is 108 Å². The average molecular weight is 271 g/mol. The fourth-order valence-corrected chi connectivity index (χ4v) is 2.33. The Morgan fingerprint density at radius 3 is 2.76 bits per heavy atom. The van der Waals surface area contributed by atoms with Crippen LogP contribution in [0, 0.1) is 11.3 Å². The van der Waals surface area contributed by atoms with E-state index in [4.69, 9.17) is 33.6 Å². The molecule has 1 heterocycles. The van der Waals surface area contributed by atoms with E-state index in [9.17, 15) is 4.79 Å². The molecule has 0 aliphatic carbocycles. The van der Waals surface area contributed by atoms with Gasteiger partial charge in [-0.15, -0.1) is 0 Å². The van der Waals surface area contributed by atoms with Crippen LogP contribution in [0.3, 0.4) is 0 Å². The molecule has 0 aromatic heterocycles. The second-order valence-corrected chi connectivity index (χ2v) is 4.36. The highest BCUT2D eigenvalue weighted by atomic mass is 35.5. The minimum Gasteiger partial charge on any atom is -0.395 e. The number of carbonyl (C=O) groups is 1. The summed E-state index contributed by atoms with van der Waals surface area (Å²) < 4.78 is 0. The fraction of sp³-hybridized carbons (Fsp3) is 0.273. The number of hydrogen-bond donors (Lipinski definition) is 1. The van der Waals surface area contributed by atoms with Crippen LogP contribution >= 0.6 is 23.2 Å². The van der Waals surface area contributed by atoms with E-state index >= 15 is 0 Å². The molecule has 0 saturated carbocycles. The predicted octanol–water partition coefficient (Wildman–Crippen LogP) is 2.01. The van der Waals surface area contributed by atoms with Crippen LogP contribution in [-0.4, -0.2) is 29.1 Å². The number of benzene rings is 1. The molecule has 0 radical (unpaired) electrons. The van der Waals surface area contributed by atoms with E-state index in [-0.39, 0.29) is 34.7 Å². The molecule has 1 atom stereocenters. The molecule has 6 heteroatoms. The van der Waals surface area contributed by atoms with Gasteiger partial charge in [0.1, 0.15) is 6.04 Å². The lowest BCUT2D eigenvalue weighted by atomic mass is 10.1. The Hall–Kier alpha value is -1.28. The number of halogens is 2. The zero-order valence-corrected chi connectivity index (χ0v) is 10.2. The monoisotopic (exact) mass is 270 g/mol. The maximum atomic E-state index is 12.0. The molecule has 1 aromatic rings. The van der Waals surface area contributed by atoms with Crippen LogP contribution < -0.4 is 0 Å². The standard InChI is InChI=1S/C11H8Cl2N2O2/c12-7-2-1-6-8(5-14)15(3-4-16)11(17)9(6)10(7)13/h1-2,8,16H,3-4H2. The normalized spacial score (nSPS) is 18.1. The third-order valence-corrected chi connectivity index (χ3v) is 3.48. The van der Waals surface area contributed by atoms with E-state index in [1.807, 2.05) is 6.07 Å². The third-order valence-electron chi connectivity index (χ3n) is 2.67. The van der Waals surface area contributed by atoms with E-state index in [1.54, 1.807) is 12.1 Å². The first kappa shape index (κ1) is 12.2. The number of aliphatic hydroxyl groups excluding tert-OH is 1. The summed E-state index contributed by atoms with van der Waals surface area (Å²) in [6, 6.07) is 4.49. The molecule has 4 nitrogen and oxygen atoms in total. The molecule has 1 aromatic carbocycles. The summed E-state index contributed by atoms with van der Waals surface area (Å²) in [7, 11) is 0. The van der Waals surface area contributed by atoms with Crippen molar-refractivity contribution in [1.29, 1.82) is 5.26 Å². The van der Waals surface area contributed by atoms with E-state index in [1.165, 1.54) is 4.90 Å². The molecule has 1 N–H and O–H groups in total. The van der Waals surface area contributed by atoms with Gasteiger partial charge in [-0.3, -0.25) is 4.79 Å². The maximum absolute atomic E-state index is 12.0. The smallest absolute Gasteiger partial charge is 0.257 e. The van der Waals surface area contributed by atoms with Crippen LogP contribution in [0.4, 0.5) is 0 Å². The number of nitriles is 1. The Morgan fingerprint density at radius 1 is 1.47 bits per heavy atom. The van der Waals surface area contributed by atoms with Gasteiger partial charge in [0.15, 0.2) is 0 Å². The molecule has 0 bridgehead atoms. The number of aliphatic hydroxyl groups is 1. The Morgan fingerprint density at radius 2 is 2.18 bits per heavy atom. The molecule has 1 aliphatic heterocycles. The van der Waals surface area contributed by atoms with Crippen molar-refractivity contribution in [3.8, 4) is 6.07 Å². The zero-order chi connectivity index (χ0) is 12.6. The number of hydrogen-bond acceptors (Lipinski definition) is 3. The number of rotatable bonds is 2. The minimum absolute atomic E-state index is 0.0969. The summed E-state index contributed by atoms with van der Waals surface area (Å²) in [6.45, 7) is -0.108. The SMILES string of the molecule is N#CC1c2ccc(Cl)c(Cl)c2C(=O)N1CCO. The summed E-state index contributed by atoms with van der Waals surface area (Å²) in [5.74, 6) is -0.367. The maximum Gasteiger partial charge on any atom is 0.257 e. The number of fused-ring (bicyclic) bond motifs is 1. The van der Waals surface area contributed by atoms with Crippen molar-refractivity contribution >= 4 is 29.1 Å². The van der Waals surface area contributed by atoms with Crippen molar-refractivity contribution in [2.45, 2.75) is 6.04 Å². The molecular formula is C11H8Cl2N2O2. The molecule has 88 valence electrons. The van der Waals surface area contributed by atoms with E-state index in [0.717, 1.165) is 0 Å². The zero-order valence-electron chi connectivity index (χ0n) is 8.65. The Bertz CT molecular complexity index is 525. The molecule has 0 saturated heterocycles. The van der Waals surface area contributed by atoms with Gasteiger partial charge in [0.2, 0.25) is 0 Å². The summed E-state index contributed by atoms with van der Waals surface area (Å²) in [4.78, 5) is 13.3. The van der Waals surface area contributed by atoms with Gasteiger partial charge in [0.05, 0.1) is 28.3 Å². The van der Waals surface area contributed by atoms with Crippen molar-refractivity contribution in [2.24, 2.45) is 0 Å². The second kappa shape index (κ2) is 4.53. The molecular weight excluding hydrogens is 263 g/mol. The minimum atomic E-state index is -0.709. The number of nitrogens with zero attached hydrogens (tertiary/aromatic N) is 2. The van der Waals surface area contributed by atoms with Crippen LogP contribution in [0.25, 0.3) is 0 Å². The van der Waals surface area contributed by atoms with Crippen molar-refractivity contribution in [3.63, 3.8) is 0 Å². The Balaban J connectivity index is 2.58. The van der Waals surface area contributed by atoms with Gasteiger partial charge in [0, 0.05) is 12.1 Å².